The molecule has 3 rings (SSSR count). The van der Waals surface area contributed by atoms with E-state index in [2.05, 4.69) is 21.2 Å². The minimum Gasteiger partial charge on any atom is -0.358 e. The number of anilines is 1. The Morgan fingerprint density at radius 1 is 1.39 bits per heavy atom. The molecule has 1 aliphatic rings. The first-order valence-corrected chi connectivity index (χ1v) is 7.15. The number of carbonyl (C=O) groups is 1. The minimum absolute atomic E-state index is 0.0782. The molecule has 3 nitrogen and oxygen atoms in total. The Morgan fingerprint density at radius 2 is 2.28 bits per heavy atom. The third-order valence-electron chi connectivity index (χ3n) is 2.75. The van der Waals surface area contributed by atoms with E-state index in [1.54, 1.807) is 11.3 Å². The number of thiophene rings is 1. The van der Waals surface area contributed by atoms with Gasteiger partial charge in [0.25, 0.3) is 0 Å². The standard InChI is InChI=1S/C13H10BrNO2S/c14-8-3-4-10-9(6-8)13(11-2-1-5-18-11)17-7-12(16)15-10/h1-6,13H,7H2,(H,15,16). The molecule has 1 aliphatic heterocycles. The van der Waals surface area contributed by atoms with Gasteiger partial charge < -0.3 is 10.1 Å². The number of halogens is 1. The topological polar surface area (TPSA) is 38.3 Å². The minimum atomic E-state index is -0.184. The molecule has 0 fully saturated rings. The van der Waals surface area contributed by atoms with Gasteiger partial charge in [-0.15, -0.1) is 11.3 Å². The molecule has 1 atom stereocenters. The summed E-state index contributed by atoms with van der Waals surface area (Å²) >= 11 is 5.09. The van der Waals surface area contributed by atoms with Crippen molar-refractivity contribution in [3.63, 3.8) is 0 Å². The lowest BCUT2D eigenvalue weighted by molar-refractivity contribution is -0.121. The molecule has 1 unspecified atom stereocenters. The van der Waals surface area contributed by atoms with Crippen molar-refractivity contribution < 1.29 is 9.53 Å². The second-order valence-corrected chi connectivity index (χ2v) is 5.88. The van der Waals surface area contributed by atoms with E-state index in [1.807, 2.05) is 35.7 Å². The molecule has 0 saturated carbocycles. The van der Waals surface area contributed by atoms with Crippen LogP contribution in [0, 0.1) is 0 Å². The van der Waals surface area contributed by atoms with E-state index in [9.17, 15) is 4.79 Å². The number of nitrogens with one attached hydrogen (secondary N) is 1. The molecular formula is C13H10BrNO2S. The van der Waals surface area contributed by atoms with Gasteiger partial charge in [0.05, 0.1) is 0 Å². The maximum Gasteiger partial charge on any atom is 0.250 e. The molecule has 1 aromatic heterocycles. The van der Waals surface area contributed by atoms with Crippen LogP contribution < -0.4 is 5.32 Å². The monoisotopic (exact) mass is 323 g/mol. The maximum absolute atomic E-state index is 11.6. The Morgan fingerprint density at radius 3 is 3.06 bits per heavy atom. The summed E-state index contributed by atoms with van der Waals surface area (Å²) in [5.41, 5.74) is 1.80. The third kappa shape index (κ3) is 2.21. The number of ether oxygens (including phenoxy) is 1. The van der Waals surface area contributed by atoms with Crippen molar-refractivity contribution in [3.8, 4) is 0 Å². The summed E-state index contributed by atoms with van der Waals surface area (Å²) in [4.78, 5) is 12.7. The molecule has 18 heavy (non-hydrogen) atoms. The fourth-order valence-corrected chi connectivity index (χ4v) is 3.14. The largest absolute Gasteiger partial charge is 0.358 e. The van der Waals surface area contributed by atoms with Crippen LogP contribution in [0.1, 0.15) is 16.5 Å². The van der Waals surface area contributed by atoms with Gasteiger partial charge in [-0.2, -0.15) is 0 Å². The predicted octanol–water partition coefficient (Wildman–Crippen LogP) is 3.57. The van der Waals surface area contributed by atoms with Crippen LogP contribution in [0.15, 0.2) is 40.2 Å². The van der Waals surface area contributed by atoms with Crippen LogP contribution in [0.3, 0.4) is 0 Å². The van der Waals surface area contributed by atoms with Crippen LogP contribution >= 0.6 is 27.3 Å². The summed E-state index contributed by atoms with van der Waals surface area (Å²) < 4.78 is 6.69. The van der Waals surface area contributed by atoms with Gasteiger partial charge in [-0.05, 0) is 29.6 Å². The summed E-state index contributed by atoms with van der Waals surface area (Å²) in [7, 11) is 0. The third-order valence-corrected chi connectivity index (χ3v) is 4.16. The van der Waals surface area contributed by atoms with Gasteiger partial charge in [-0.1, -0.05) is 22.0 Å². The van der Waals surface area contributed by atoms with Gasteiger partial charge >= 0.3 is 0 Å². The molecule has 1 amide bonds. The summed E-state index contributed by atoms with van der Waals surface area (Å²) in [5, 5.41) is 4.87. The molecule has 2 heterocycles. The molecule has 92 valence electrons. The first-order valence-electron chi connectivity index (χ1n) is 5.48. The Kier molecular flexibility index (Phi) is 3.20. The van der Waals surface area contributed by atoms with Crippen molar-refractivity contribution in [1.82, 2.24) is 0 Å². The Hall–Kier alpha value is -1.17. The number of rotatable bonds is 1. The van der Waals surface area contributed by atoms with Crippen molar-refractivity contribution in [2.45, 2.75) is 6.10 Å². The van der Waals surface area contributed by atoms with E-state index < -0.39 is 0 Å². The fourth-order valence-electron chi connectivity index (χ4n) is 1.98. The van der Waals surface area contributed by atoms with Gasteiger partial charge in [0, 0.05) is 20.6 Å². The molecule has 2 aromatic rings. The van der Waals surface area contributed by atoms with Gasteiger partial charge in [0.1, 0.15) is 12.7 Å². The average molecular weight is 324 g/mol. The SMILES string of the molecule is O=C1COC(c2cccs2)c2cc(Br)ccc2N1. The van der Waals surface area contributed by atoms with Crippen LogP contribution in [-0.4, -0.2) is 12.5 Å². The van der Waals surface area contributed by atoms with Gasteiger partial charge in [-0.25, -0.2) is 0 Å². The van der Waals surface area contributed by atoms with Gasteiger partial charge in [0.2, 0.25) is 5.91 Å². The lowest BCUT2D eigenvalue weighted by atomic mass is 10.1. The van der Waals surface area contributed by atoms with Crippen molar-refractivity contribution in [1.29, 1.82) is 0 Å². The number of amides is 1. The number of carbonyl (C=O) groups excluding carboxylic acids is 1. The molecule has 0 aliphatic carbocycles. The number of hydrogen-bond acceptors (Lipinski definition) is 3. The zero-order valence-corrected chi connectivity index (χ0v) is 11.8. The van der Waals surface area contributed by atoms with Crippen molar-refractivity contribution in [3.05, 3.63) is 50.6 Å². The van der Waals surface area contributed by atoms with Crippen LogP contribution in [0.4, 0.5) is 5.69 Å². The van der Waals surface area contributed by atoms with E-state index in [0.717, 1.165) is 20.6 Å². The normalized spacial score (nSPS) is 18.9. The molecule has 0 spiro atoms. The number of fused-ring (bicyclic) bond motifs is 1. The van der Waals surface area contributed by atoms with Crippen molar-refractivity contribution in [2.24, 2.45) is 0 Å². The molecule has 5 heteroatoms. The summed E-state index contributed by atoms with van der Waals surface area (Å²) in [6, 6.07) is 9.81. The molecule has 0 bridgehead atoms. The van der Waals surface area contributed by atoms with Crippen molar-refractivity contribution >= 4 is 38.9 Å². The molecule has 0 radical (unpaired) electrons. The first kappa shape index (κ1) is 11.9. The highest BCUT2D eigenvalue weighted by Crippen LogP contribution is 2.37. The predicted molar refractivity (Wildman–Crippen MR) is 74.9 cm³/mol. The van der Waals surface area contributed by atoms with E-state index in [1.165, 1.54) is 0 Å². The summed E-state index contributed by atoms with van der Waals surface area (Å²) in [6.07, 6.45) is -0.184. The van der Waals surface area contributed by atoms with Gasteiger partial charge in [0.15, 0.2) is 0 Å². The highest BCUT2D eigenvalue weighted by Gasteiger charge is 2.24. The van der Waals surface area contributed by atoms with E-state index in [-0.39, 0.29) is 18.6 Å². The average Bonchev–Trinajstić information content (AvgIpc) is 2.81. The maximum atomic E-state index is 11.6. The Labute approximate surface area is 117 Å². The van der Waals surface area contributed by atoms with Crippen molar-refractivity contribution in [2.75, 3.05) is 11.9 Å². The summed E-state index contributed by atoms with van der Waals surface area (Å²) in [5.74, 6) is -0.113. The van der Waals surface area contributed by atoms with Gasteiger partial charge in [-0.3, -0.25) is 4.79 Å². The van der Waals surface area contributed by atoms with E-state index >= 15 is 0 Å². The highest BCUT2D eigenvalue weighted by molar-refractivity contribution is 9.10. The number of hydrogen-bond donors (Lipinski definition) is 1. The first-order chi connectivity index (χ1) is 8.74. The lowest BCUT2D eigenvalue weighted by Crippen LogP contribution is -2.15. The summed E-state index contributed by atoms with van der Waals surface area (Å²) in [6.45, 7) is 0.0782. The molecule has 1 aromatic carbocycles. The van der Waals surface area contributed by atoms with E-state index in [4.69, 9.17) is 4.74 Å². The van der Waals surface area contributed by atoms with Crippen LogP contribution in [0.25, 0.3) is 0 Å². The number of benzene rings is 1. The lowest BCUT2D eigenvalue weighted by Gasteiger charge is -2.15. The quantitative estimate of drug-likeness (QED) is 0.871. The second-order valence-electron chi connectivity index (χ2n) is 3.99. The molecular weight excluding hydrogens is 314 g/mol. The second kappa shape index (κ2) is 4.84. The zero-order chi connectivity index (χ0) is 12.5. The Balaban J connectivity index is 2.11. The Bertz CT molecular complexity index is 583. The van der Waals surface area contributed by atoms with Crippen LogP contribution in [0.2, 0.25) is 0 Å². The zero-order valence-electron chi connectivity index (χ0n) is 9.35. The highest BCUT2D eigenvalue weighted by atomic mass is 79.9. The van der Waals surface area contributed by atoms with E-state index in [0.29, 0.717) is 0 Å². The molecule has 1 N–H and O–H groups in total. The van der Waals surface area contributed by atoms with Crippen LogP contribution in [0.5, 0.6) is 0 Å². The molecule has 0 saturated heterocycles. The van der Waals surface area contributed by atoms with Crippen LogP contribution in [-0.2, 0) is 9.53 Å². The smallest absolute Gasteiger partial charge is 0.250 e. The fraction of sp³-hybridized carbons (Fsp3) is 0.154.